The molecule has 1 fully saturated rings. The smallest absolute Gasteiger partial charge is 0.284 e. The molecule has 2 atom stereocenters. The van der Waals surface area contributed by atoms with E-state index in [-0.39, 0.29) is 16.6 Å². The van der Waals surface area contributed by atoms with Crippen LogP contribution in [0, 0.1) is 26.7 Å². The van der Waals surface area contributed by atoms with Crippen molar-refractivity contribution in [3.8, 4) is 5.75 Å². The number of ketones is 1. The fourth-order valence-corrected chi connectivity index (χ4v) is 6.14. The first-order valence-electron chi connectivity index (χ1n) is 10.8. The summed E-state index contributed by atoms with van der Waals surface area (Å²) in [5, 5.41) is 4.10. The molecule has 11 heteroatoms. The molecule has 1 aliphatic heterocycles. The van der Waals surface area contributed by atoms with E-state index in [9.17, 15) is 13.2 Å². The lowest BCUT2D eigenvalue weighted by Crippen LogP contribution is -2.46. The van der Waals surface area contributed by atoms with Crippen LogP contribution in [0.2, 0.25) is 0 Å². The highest BCUT2D eigenvalue weighted by molar-refractivity contribution is 7.90. The molecule has 3 N–H and O–H groups in total. The summed E-state index contributed by atoms with van der Waals surface area (Å²) in [5.74, 6) is 0.726. The summed E-state index contributed by atoms with van der Waals surface area (Å²) in [6.45, 7) is 6.71. The Morgan fingerprint density at radius 3 is 2.85 bits per heavy atom. The molecule has 2 heterocycles. The van der Waals surface area contributed by atoms with Gasteiger partial charge in [-0.15, -0.1) is 15.7 Å². The number of hydrazine groups is 1. The summed E-state index contributed by atoms with van der Waals surface area (Å²) < 4.78 is 35.0. The number of nitrogens with one attached hydrogen (secondary N) is 1. The van der Waals surface area contributed by atoms with Gasteiger partial charge in [-0.25, -0.2) is 9.99 Å². The van der Waals surface area contributed by atoms with E-state index < -0.39 is 16.1 Å². The van der Waals surface area contributed by atoms with Gasteiger partial charge in [-0.3, -0.25) is 4.79 Å². The van der Waals surface area contributed by atoms with Crippen LogP contribution in [0.4, 0.5) is 0 Å². The van der Waals surface area contributed by atoms with Gasteiger partial charge in [0.15, 0.2) is 5.01 Å². The molecular weight excluding hydrogens is 462 g/mol. The molecule has 180 valence electrons. The van der Waals surface area contributed by atoms with Gasteiger partial charge in [0.25, 0.3) is 10.0 Å². The molecule has 0 radical (unpaired) electrons. The predicted molar refractivity (Wildman–Crippen MR) is 129 cm³/mol. The second kappa shape index (κ2) is 10.7. The molecule has 0 unspecified atom stereocenters. The molecule has 1 aliphatic rings. The first-order valence-corrected chi connectivity index (χ1v) is 13.1. The standard InChI is InChI=1S/C22H31N5O4S2/c1-14-10-19(31-4)15(2)16(3)21(14)33(29,30)26-13-25-27-8-5-6-17(12-27)11-18(23)20(28)22-24-7-9-32-22/h7,9-10,13,17-18H,5-6,8,11-12,23H2,1-4H3,(H,25,26)/t17-,18+/m1/s1. The Bertz CT molecular complexity index is 1120. The van der Waals surface area contributed by atoms with Crippen LogP contribution in [-0.4, -0.2) is 56.8 Å². The maximum absolute atomic E-state index is 12.9. The number of aromatic nitrogens is 1. The number of nitrogens with two attached hydrogens (primary N) is 1. The molecule has 1 saturated heterocycles. The average molecular weight is 494 g/mol. The van der Waals surface area contributed by atoms with E-state index in [1.807, 2.05) is 11.9 Å². The Morgan fingerprint density at radius 1 is 1.42 bits per heavy atom. The van der Waals surface area contributed by atoms with Crippen molar-refractivity contribution in [3.05, 3.63) is 39.3 Å². The Kier molecular flexibility index (Phi) is 8.22. The van der Waals surface area contributed by atoms with Gasteiger partial charge in [0, 0.05) is 24.7 Å². The number of Topliss-reactive ketones (excluding diaryl/α,β-unsaturated/α-hetero) is 1. The van der Waals surface area contributed by atoms with Crippen molar-refractivity contribution in [2.75, 3.05) is 20.2 Å². The van der Waals surface area contributed by atoms with Crippen LogP contribution in [-0.2, 0) is 10.0 Å². The van der Waals surface area contributed by atoms with Gasteiger partial charge < -0.3 is 15.9 Å². The Labute approximate surface area is 199 Å². The first-order chi connectivity index (χ1) is 15.6. The average Bonchev–Trinajstić information content (AvgIpc) is 3.30. The number of rotatable bonds is 9. The number of hydrogen-bond acceptors (Lipinski definition) is 8. The topological polar surface area (TPSA) is 127 Å². The molecule has 9 nitrogen and oxygen atoms in total. The molecule has 1 aromatic carbocycles. The number of benzene rings is 1. The minimum absolute atomic E-state index is 0.136. The van der Waals surface area contributed by atoms with E-state index in [1.54, 1.807) is 38.6 Å². The number of piperidine rings is 1. The Balaban J connectivity index is 1.62. The zero-order valence-corrected chi connectivity index (χ0v) is 21.0. The molecule has 1 aromatic heterocycles. The number of sulfonamides is 1. The van der Waals surface area contributed by atoms with Crippen molar-refractivity contribution in [1.82, 2.24) is 15.4 Å². The van der Waals surface area contributed by atoms with E-state index in [0.717, 1.165) is 24.9 Å². The summed E-state index contributed by atoms with van der Waals surface area (Å²) >= 11 is 1.29. The number of nitrogens with zero attached hydrogens (tertiary/aromatic N) is 3. The fraction of sp³-hybridized carbons (Fsp3) is 0.500. The van der Waals surface area contributed by atoms with Crippen molar-refractivity contribution in [3.63, 3.8) is 0 Å². The van der Waals surface area contributed by atoms with Gasteiger partial charge in [0.1, 0.15) is 12.1 Å². The van der Waals surface area contributed by atoms with E-state index in [0.29, 0.717) is 34.8 Å². The van der Waals surface area contributed by atoms with Gasteiger partial charge in [0.2, 0.25) is 5.78 Å². The third-order valence-corrected chi connectivity index (χ3v) is 8.29. The van der Waals surface area contributed by atoms with E-state index in [1.165, 1.54) is 17.7 Å². The lowest BCUT2D eigenvalue weighted by molar-refractivity contribution is 0.0917. The normalized spacial score (nSPS) is 18.4. The third kappa shape index (κ3) is 5.97. The summed E-state index contributed by atoms with van der Waals surface area (Å²) in [4.78, 5) is 16.6. The van der Waals surface area contributed by atoms with Crippen LogP contribution >= 0.6 is 11.3 Å². The molecule has 3 rings (SSSR count). The Hall–Kier alpha value is -2.34. The third-order valence-electron chi connectivity index (χ3n) is 5.97. The van der Waals surface area contributed by atoms with Gasteiger partial charge in [-0.2, -0.15) is 8.42 Å². The molecule has 0 saturated carbocycles. The minimum atomic E-state index is -3.88. The lowest BCUT2D eigenvalue weighted by atomic mass is 9.91. The molecule has 2 aromatic rings. The molecule has 0 spiro atoms. The zero-order chi connectivity index (χ0) is 24.2. The molecule has 0 amide bonds. The van der Waals surface area contributed by atoms with E-state index in [4.69, 9.17) is 10.5 Å². The van der Waals surface area contributed by atoms with Crippen LogP contribution in [0.15, 0.2) is 26.9 Å². The quantitative estimate of drug-likeness (QED) is 0.310. The van der Waals surface area contributed by atoms with Gasteiger partial charge in [-0.1, -0.05) is 0 Å². The molecular formula is C22H31N5O4S2. The van der Waals surface area contributed by atoms with Crippen LogP contribution < -0.4 is 15.9 Å². The first kappa shape index (κ1) is 25.3. The summed E-state index contributed by atoms with van der Waals surface area (Å²) in [5.41, 5.74) is 11.1. The second-order valence-corrected chi connectivity index (χ2v) is 10.8. The Morgan fingerprint density at radius 2 is 2.18 bits per heavy atom. The van der Waals surface area contributed by atoms with Crippen molar-refractivity contribution >= 4 is 33.5 Å². The minimum Gasteiger partial charge on any atom is -0.496 e. The number of carbonyl (C=O) groups excluding carboxylic acids is 1. The van der Waals surface area contributed by atoms with Crippen LogP contribution in [0.5, 0.6) is 5.75 Å². The number of carbonyl (C=O) groups is 1. The monoisotopic (exact) mass is 493 g/mol. The summed E-state index contributed by atoms with van der Waals surface area (Å²) in [6, 6.07) is 1.11. The summed E-state index contributed by atoms with van der Waals surface area (Å²) in [7, 11) is -2.32. The predicted octanol–water partition coefficient (Wildman–Crippen LogP) is 2.61. The maximum atomic E-state index is 12.9. The van der Waals surface area contributed by atoms with Crippen LogP contribution in [0.3, 0.4) is 0 Å². The van der Waals surface area contributed by atoms with Crippen molar-refractivity contribution < 1.29 is 17.9 Å². The number of thiazole rings is 1. The van der Waals surface area contributed by atoms with Gasteiger partial charge >= 0.3 is 0 Å². The van der Waals surface area contributed by atoms with Gasteiger partial charge in [-0.05, 0) is 68.7 Å². The van der Waals surface area contributed by atoms with Crippen LogP contribution in [0.25, 0.3) is 0 Å². The number of ether oxygens (including phenoxy) is 1. The number of methoxy groups -OCH3 is 1. The SMILES string of the molecule is COc1cc(C)c(S(=O)(=O)N=CNN2CCC[C@H](C[C@H](N)C(=O)c3nccs3)C2)c(C)c1C. The highest BCUT2D eigenvalue weighted by Crippen LogP contribution is 2.31. The van der Waals surface area contributed by atoms with Crippen molar-refractivity contribution in [2.45, 2.75) is 51.0 Å². The number of aryl methyl sites for hydroxylation is 1. The van der Waals surface area contributed by atoms with E-state index in [2.05, 4.69) is 14.8 Å². The van der Waals surface area contributed by atoms with Gasteiger partial charge in [0.05, 0.1) is 18.0 Å². The van der Waals surface area contributed by atoms with E-state index >= 15 is 0 Å². The van der Waals surface area contributed by atoms with Crippen LogP contribution in [0.1, 0.15) is 45.8 Å². The molecule has 33 heavy (non-hydrogen) atoms. The maximum Gasteiger partial charge on any atom is 0.284 e. The highest BCUT2D eigenvalue weighted by Gasteiger charge is 2.26. The zero-order valence-electron chi connectivity index (χ0n) is 19.4. The largest absolute Gasteiger partial charge is 0.496 e. The van der Waals surface area contributed by atoms with Crippen molar-refractivity contribution in [2.24, 2.45) is 16.0 Å². The molecule has 0 bridgehead atoms. The second-order valence-electron chi connectivity index (χ2n) is 8.31. The summed E-state index contributed by atoms with van der Waals surface area (Å²) in [6.07, 6.45) is 5.23. The fourth-order valence-electron chi connectivity index (χ4n) is 4.20. The lowest BCUT2D eigenvalue weighted by Gasteiger charge is -2.33. The molecule has 0 aliphatic carbocycles. The number of hydrogen-bond donors (Lipinski definition) is 2. The highest BCUT2D eigenvalue weighted by atomic mass is 32.2. The van der Waals surface area contributed by atoms with Crippen molar-refractivity contribution in [1.29, 1.82) is 0 Å².